The van der Waals surface area contributed by atoms with Crippen molar-refractivity contribution >= 4 is 17.1 Å². The molecule has 2 aromatic rings. The number of nitrogens with zero attached hydrogens (tertiary/aromatic N) is 3. The summed E-state index contributed by atoms with van der Waals surface area (Å²) in [5, 5.41) is 8.39. The van der Waals surface area contributed by atoms with Gasteiger partial charge in [-0.25, -0.2) is 0 Å². The molecule has 2 rings (SSSR count). The van der Waals surface area contributed by atoms with Crippen molar-refractivity contribution in [2.24, 2.45) is 21.7 Å². The number of benzene rings is 2. The third-order valence-electron chi connectivity index (χ3n) is 3.06. The normalized spacial score (nSPS) is 14.1. The SMILES string of the molecule is CC(N)N(c1ccc(N=Nc2ccccc2)cc1)C(C)N. The van der Waals surface area contributed by atoms with E-state index in [0.717, 1.165) is 17.1 Å². The van der Waals surface area contributed by atoms with Crippen LogP contribution >= 0.6 is 0 Å². The Kier molecular flexibility index (Phi) is 5.03. The number of anilines is 1. The molecule has 2 unspecified atom stereocenters. The van der Waals surface area contributed by atoms with Crippen molar-refractivity contribution in [3.63, 3.8) is 0 Å². The Balaban J connectivity index is 2.13. The Morgan fingerprint density at radius 1 is 0.762 bits per heavy atom. The van der Waals surface area contributed by atoms with E-state index in [2.05, 4.69) is 10.2 Å². The molecule has 110 valence electrons. The zero-order valence-electron chi connectivity index (χ0n) is 12.3. The first-order valence-electron chi connectivity index (χ1n) is 6.94. The van der Waals surface area contributed by atoms with Crippen LogP contribution < -0.4 is 16.4 Å². The fraction of sp³-hybridized carbons (Fsp3) is 0.250. The highest BCUT2D eigenvalue weighted by atomic mass is 15.3. The Morgan fingerprint density at radius 2 is 1.24 bits per heavy atom. The number of hydrogen-bond acceptors (Lipinski definition) is 5. The molecule has 0 bridgehead atoms. The van der Waals surface area contributed by atoms with Crippen LogP contribution in [0.1, 0.15) is 13.8 Å². The molecule has 5 heteroatoms. The Labute approximate surface area is 125 Å². The maximum absolute atomic E-state index is 5.95. The van der Waals surface area contributed by atoms with Gasteiger partial charge in [-0.3, -0.25) is 0 Å². The lowest BCUT2D eigenvalue weighted by atomic mass is 10.2. The Bertz CT molecular complexity index is 567. The highest BCUT2D eigenvalue weighted by Gasteiger charge is 2.14. The summed E-state index contributed by atoms with van der Waals surface area (Å²) in [6, 6.07) is 17.3. The van der Waals surface area contributed by atoms with E-state index in [1.54, 1.807) is 0 Å². The predicted octanol–water partition coefficient (Wildman–Crippen LogP) is 3.52. The minimum Gasteiger partial charge on any atom is -0.341 e. The van der Waals surface area contributed by atoms with Crippen LogP contribution in [0.3, 0.4) is 0 Å². The van der Waals surface area contributed by atoms with Gasteiger partial charge in [-0.15, -0.1) is 0 Å². The molecule has 2 atom stereocenters. The van der Waals surface area contributed by atoms with Crippen molar-refractivity contribution in [2.45, 2.75) is 26.2 Å². The van der Waals surface area contributed by atoms with Crippen LogP contribution in [-0.4, -0.2) is 12.3 Å². The molecule has 2 aromatic carbocycles. The lowest BCUT2D eigenvalue weighted by Crippen LogP contribution is -2.49. The van der Waals surface area contributed by atoms with E-state index < -0.39 is 0 Å². The van der Waals surface area contributed by atoms with Crippen LogP contribution in [0, 0.1) is 0 Å². The van der Waals surface area contributed by atoms with Crippen LogP contribution in [0.4, 0.5) is 17.1 Å². The molecule has 5 nitrogen and oxygen atoms in total. The van der Waals surface area contributed by atoms with Crippen molar-refractivity contribution in [2.75, 3.05) is 4.90 Å². The van der Waals surface area contributed by atoms with E-state index in [9.17, 15) is 0 Å². The van der Waals surface area contributed by atoms with Gasteiger partial charge in [0.25, 0.3) is 0 Å². The summed E-state index contributed by atoms with van der Waals surface area (Å²) in [7, 11) is 0. The summed E-state index contributed by atoms with van der Waals surface area (Å²) < 4.78 is 0. The van der Waals surface area contributed by atoms with Crippen molar-refractivity contribution in [3.05, 3.63) is 54.6 Å². The summed E-state index contributed by atoms with van der Waals surface area (Å²) >= 11 is 0. The maximum atomic E-state index is 5.95. The van der Waals surface area contributed by atoms with E-state index >= 15 is 0 Å². The molecule has 0 saturated carbocycles. The number of rotatable bonds is 5. The molecular formula is C16H21N5. The first-order valence-corrected chi connectivity index (χ1v) is 6.94. The number of hydrogen-bond donors (Lipinski definition) is 2. The predicted molar refractivity (Wildman–Crippen MR) is 86.8 cm³/mol. The largest absolute Gasteiger partial charge is 0.341 e. The zero-order chi connectivity index (χ0) is 15.2. The van der Waals surface area contributed by atoms with Crippen LogP contribution in [-0.2, 0) is 0 Å². The molecular weight excluding hydrogens is 262 g/mol. The lowest BCUT2D eigenvalue weighted by molar-refractivity contribution is 0.574. The smallest absolute Gasteiger partial charge is 0.0858 e. The summed E-state index contributed by atoms with van der Waals surface area (Å²) in [5.41, 5.74) is 14.5. The van der Waals surface area contributed by atoms with E-state index in [1.165, 1.54) is 0 Å². The molecule has 0 fully saturated rings. The molecule has 0 aliphatic carbocycles. The van der Waals surface area contributed by atoms with Gasteiger partial charge in [0.1, 0.15) is 0 Å². The molecule has 0 aliphatic heterocycles. The second kappa shape index (κ2) is 6.97. The molecule has 0 radical (unpaired) electrons. The molecule has 0 saturated heterocycles. The first kappa shape index (κ1) is 15.2. The Morgan fingerprint density at radius 3 is 1.71 bits per heavy atom. The minimum absolute atomic E-state index is 0.151. The van der Waals surface area contributed by atoms with Crippen LogP contribution in [0.15, 0.2) is 64.8 Å². The summed E-state index contributed by atoms with van der Waals surface area (Å²) in [6.07, 6.45) is -0.302. The number of nitrogens with two attached hydrogens (primary N) is 2. The molecule has 0 spiro atoms. The molecule has 0 aliphatic rings. The average Bonchev–Trinajstić information content (AvgIpc) is 2.47. The quantitative estimate of drug-likeness (QED) is 0.651. The van der Waals surface area contributed by atoms with Gasteiger partial charge < -0.3 is 16.4 Å². The van der Waals surface area contributed by atoms with Crippen molar-refractivity contribution < 1.29 is 0 Å². The van der Waals surface area contributed by atoms with Crippen LogP contribution in [0.25, 0.3) is 0 Å². The molecule has 0 heterocycles. The topological polar surface area (TPSA) is 80.0 Å². The third-order valence-corrected chi connectivity index (χ3v) is 3.06. The monoisotopic (exact) mass is 283 g/mol. The third kappa shape index (κ3) is 4.11. The van der Waals surface area contributed by atoms with Crippen molar-refractivity contribution in [3.8, 4) is 0 Å². The van der Waals surface area contributed by atoms with Crippen LogP contribution in [0.2, 0.25) is 0 Å². The average molecular weight is 283 g/mol. The molecule has 21 heavy (non-hydrogen) atoms. The fourth-order valence-electron chi connectivity index (χ4n) is 2.14. The van der Waals surface area contributed by atoms with Gasteiger partial charge in [-0.2, -0.15) is 10.2 Å². The van der Waals surface area contributed by atoms with Crippen LogP contribution in [0.5, 0.6) is 0 Å². The summed E-state index contributed by atoms with van der Waals surface area (Å²) in [6.45, 7) is 3.82. The maximum Gasteiger partial charge on any atom is 0.0858 e. The van der Waals surface area contributed by atoms with Gasteiger partial charge in [0, 0.05) is 5.69 Å². The zero-order valence-corrected chi connectivity index (χ0v) is 12.3. The lowest BCUT2D eigenvalue weighted by Gasteiger charge is -2.32. The Hall–Kier alpha value is -2.24. The van der Waals surface area contributed by atoms with Crippen molar-refractivity contribution in [1.82, 2.24) is 0 Å². The van der Waals surface area contributed by atoms with Gasteiger partial charge in [0.05, 0.1) is 23.7 Å². The van der Waals surface area contributed by atoms with E-state index in [0.29, 0.717) is 0 Å². The van der Waals surface area contributed by atoms with Gasteiger partial charge in [-0.05, 0) is 50.2 Å². The minimum atomic E-state index is -0.151. The highest BCUT2D eigenvalue weighted by molar-refractivity contribution is 5.53. The second-order valence-electron chi connectivity index (χ2n) is 4.94. The van der Waals surface area contributed by atoms with E-state index in [-0.39, 0.29) is 12.3 Å². The molecule has 0 aromatic heterocycles. The van der Waals surface area contributed by atoms with Crippen molar-refractivity contribution in [1.29, 1.82) is 0 Å². The van der Waals surface area contributed by atoms with Gasteiger partial charge in [-0.1, -0.05) is 18.2 Å². The summed E-state index contributed by atoms with van der Waals surface area (Å²) in [4.78, 5) is 1.94. The van der Waals surface area contributed by atoms with Gasteiger partial charge in [0.15, 0.2) is 0 Å². The van der Waals surface area contributed by atoms with E-state index in [1.807, 2.05) is 73.3 Å². The second-order valence-corrected chi connectivity index (χ2v) is 4.94. The molecule has 0 amide bonds. The van der Waals surface area contributed by atoms with E-state index in [4.69, 9.17) is 11.5 Å². The van der Waals surface area contributed by atoms with Gasteiger partial charge >= 0.3 is 0 Å². The highest BCUT2D eigenvalue weighted by Crippen LogP contribution is 2.23. The summed E-state index contributed by atoms with van der Waals surface area (Å²) in [5.74, 6) is 0. The standard InChI is InChI=1S/C16H21N5/c1-12(17)21(13(2)18)16-10-8-15(9-11-16)20-19-14-6-4-3-5-7-14/h3-13H,17-18H2,1-2H3. The fourth-order valence-corrected chi connectivity index (χ4v) is 2.14. The molecule has 4 N–H and O–H groups in total. The first-order chi connectivity index (χ1) is 10.1. The number of azo groups is 1. The van der Waals surface area contributed by atoms with Gasteiger partial charge in [0.2, 0.25) is 0 Å².